The number of nitrogens with two attached hydrogens (primary N) is 1. The summed E-state index contributed by atoms with van der Waals surface area (Å²) in [5.41, 5.74) is 5.91. The van der Waals surface area contributed by atoms with Crippen LogP contribution in [-0.4, -0.2) is 18.1 Å². The Morgan fingerprint density at radius 2 is 2.12 bits per heavy atom. The lowest BCUT2D eigenvalue weighted by atomic mass is 9.87. The van der Waals surface area contributed by atoms with Gasteiger partial charge in [-0.3, -0.25) is 4.98 Å². The second-order valence-corrected chi connectivity index (χ2v) is 5.45. The van der Waals surface area contributed by atoms with E-state index in [1.165, 1.54) is 0 Å². The Bertz CT molecular complexity index is 342. The van der Waals surface area contributed by atoms with Crippen LogP contribution in [0.25, 0.3) is 0 Å². The third-order valence-electron chi connectivity index (χ3n) is 2.75. The largest absolute Gasteiger partial charge is 0.492 e. The summed E-state index contributed by atoms with van der Waals surface area (Å²) in [5, 5.41) is 0.603. The van der Waals surface area contributed by atoms with Crippen LogP contribution in [0, 0.1) is 5.41 Å². The quantitative estimate of drug-likeness (QED) is 0.762. The van der Waals surface area contributed by atoms with Crippen LogP contribution in [0.5, 0.6) is 5.75 Å². The van der Waals surface area contributed by atoms with Crippen molar-refractivity contribution in [3.05, 3.63) is 23.5 Å². The first-order valence-corrected chi connectivity index (χ1v) is 6.35. The molecule has 0 bridgehead atoms. The fourth-order valence-corrected chi connectivity index (χ4v) is 1.63. The molecule has 96 valence electrons. The Balaban J connectivity index is 2.17. The molecule has 0 aliphatic carbocycles. The predicted octanol–water partition coefficient (Wildman–Crippen LogP) is 3.27. The predicted molar refractivity (Wildman–Crippen MR) is 71.4 cm³/mol. The summed E-state index contributed by atoms with van der Waals surface area (Å²) in [5.74, 6) is 0.732. The van der Waals surface area contributed by atoms with Crippen molar-refractivity contribution in [2.45, 2.75) is 33.1 Å². The van der Waals surface area contributed by atoms with Crippen molar-refractivity contribution in [1.29, 1.82) is 0 Å². The number of nitrogens with zero attached hydrogens (tertiary/aromatic N) is 1. The molecule has 0 spiro atoms. The minimum atomic E-state index is 0.234. The Labute approximate surface area is 108 Å². The Morgan fingerprint density at radius 1 is 1.35 bits per heavy atom. The maximum Gasteiger partial charge on any atom is 0.139 e. The summed E-state index contributed by atoms with van der Waals surface area (Å²) < 4.78 is 5.56. The van der Waals surface area contributed by atoms with Gasteiger partial charge >= 0.3 is 0 Å². The number of rotatable bonds is 7. The molecule has 1 aromatic rings. The second kappa shape index (κ2) is 6.82. The molecule has 3 nitrogen and oxygen atoms in total. The first-order valence-electron chi connectivity index (χ1n) is 5.97. The van der Waals surface area contributed by atoms with Crippen molar-refractivity contribution in [2.24, 2.45) is 11.1 Å². The number of aromatic nitrogens is 1. The number of halogens is 1. The van der Waals surface area contributed by atoms with Crippen molar-refractivity contribution in [2.75, 3.05) is 13.2 Å². The molecular formula is C13H21ClN2O. The van der Waals surface area contributed by atoms with Crippen molar-refractivity contribution < 1.29 is 4.74 Å². The third kappa shape index (κ3) is 5.89. The van der Waals surface area contributed by atoms with Gasteiger partial charge < -0.3 is 10.5 Å². The number of hydrogen-bond acceptors (Lipinski definition) is 3. The van der Waals surface area contributed by atoms with E-state index in [0.717, 1.165) is 31.6 Å². The summed E-state index contributed by atoms with van der Waals surface area (Å²) in [6.07, 6.45) is 6.54. The van der Waals surface area contributed by atoms with Gasteiger partial charge in [-0.2, -0.15) is 0 Å². The van der Waals surface area contributed by atoms with E-state index < -0.39 is 0 Å². The molecule has 0 radical (unpaired) electrons. The Morgan fingerprint density at radius 3 is 2.76 bits per heavy atom. The van der Waals surface area contributed by atoms with Gasteiger partial charge in [0.2, 0.25) is 0 Å². The molecule has 0 aliphatic rings. The molecule has 17 heavy (non-hydrogen) atoms. The van der Waals surface area contributed by atoms with Gasteiger partial charge in [0.15, 0.2) is 0 Å². The van der Waals surface area contributed by atoms with Crippen LogP contribution in [0.2, 0.25) is 5.02 Å². The molecule has 0 fully saturated rings. The molecule has 0 atom stereocenters. The van der Waals surface area contributed by atoms with Gasteiger partial charge in [0.1, 0.15) is 5.75 Å². The Hall–Kier alpha value is -0.800. The summed E-state index contributed by atoms with van der Waals surface area (Å²) in [6.45, 7) is 5.80. The molecule has 0 amide bonds. The van der Waals surface area contributed by atoms with Crippen LogP contribution in [-0.2, 0) is 0 Å². The minimum absolute atomic E-state index is 0.234. The van der Waals surface area contributed by atoms with E-state index in [9.17, 15) is 0 Å². The molecule has 1 heterocycles. The van der Waals surface area contributed by atoms with Crippen LogP contribution >= 0.6 is 11.6 Å². The van der Waals surface area contributed by atoms with Crippen molar-refractivity contribution in [3.8, 4) is 5.75 Å². The fraction of sp³-hybridized carbons (Fsp3) is 0.615. The van der Waals surface area contributed by atoms with Gasteiger partial charge in [-0.15, -0.1) is 0 Å². The lowest BCUT2D eigenvalue weighted by Gasteiger charge is -2.21. The average molecular weight is 257 g/mol. The van der Waals surface area contributed by atoms with Crippen LogP contribution in [0.15, 0.2) is 18.5 Å². The van der Waals surface area contributed by atoms with Crippen LogP contribution in [0.1, 0.15) is 33.1 Å². The highest BCUT2D eigenvalue weighted by molar-refractivity contribution is 6.30. The van der Waals surface area contributed by atoms with E-state index in [0.29, 0.717) is 11.6 Å². The van der Waals surface area contributed by atoms with Gasteiger partial charge in [0.25, 0.3) is 0 Å². The molecule has 4 heteroatoms. The summed E-state index contributed by atoms with van der Waals surface area (Å²) in [7, 11) is 0. The van der Waals surface area contributed by atoms with E-state index in [4.69, 9.17) is 22.1 Å². The molecule has 0 saturated heterocycles. The number of hydrogen-bond donors (Lipinski definition) is 1. The second-order valence-electron chi connectivity index (χ2n) is 5.01. The van der Waals surface area contributed by atoms with Gasteiger partial charge in [-0.1, -0.05) is 25.4 Å². The molecule has 0 unspecified atom stereocenters. The molecule has 0 saturated carbocycles. The van der Waals surface area contributed by atoms with Gasteiger partial charge in [-0.25, -0.2) is 0 Å². The maximum absolute atomic E-state index is 5.81. The minimum Gasteiger partial charge on any atom is -0.492 e. The van der Waals surface area contributed by atoms with Crippen molar-refractivity contribution in [3.63, 3.8) is 0 Å². The SMILES string of the molecule is CC(C)(CN)CCCCOc1cncc(Cl)c1. The van der Waals surface area contributed by atoms with Crippen LogP contribution in [0.3, 0.4) is 0 Å². The van der Waals surface area contributed by atoms with Crippen LogP contribution in [0.4, 0.5) is 0 Å². The average Bonchev–Trinajstić information content (AvgIpc) is 2.29. The first kappa shape index (κ1) is 14.3. The number of pyridine rings is 1. The molecule has 0 aromatic carbocycles. The van der Waals surface area contributed by atoms with E-state index in [-0.39, 0.29) is 5.41 Å². The number of ether oxygens (including phenoxy) is 1. The smallest absolute Gasteiger partial charge is 0.139 e. The van der Waals surface area contributed by atoms with E-state index >= 15 is 0 Å². The van der Waals surface area contributed by atoms with Gasteiger partial charge in [0, 0.05) is 12.3 Å². The summed E-state index contributed by atoms with van der Waals surface area (Å²) in [4.78, 5) is 3.96. The fourth-order valence-electron chi connectivity index (χ4n) is 1.47. The molecule has 1 aromatic heterocycles. The number of unbranched alkanes of at least 4 members (excludes halogenated alkanes) is 1. The zero-order valence-electron chi connectivity index (χ0n) is 10.6. The lowest BCUT2D eigenvalue weighted by molar-refractivity contribution is 0.278. The maximum atomic E-state index is 5.81. The monoisotopic (exact) mass is 256 g/mol. The zero-order valence-corrected chi connectivity index (χ0v) is 11.3. The third-order valence-corrected chi connectivity index (χ3v) is 2.96. The van der Waals surface area contributed by atoms with Crippen molar-refractivity contribution in [1.82, 2.24) is 4.98 Å². The normalized spacial score (nSPS) is 11.5. The molecule has 1 rings (SSSR count). The van der Waals surface area contributed by atoms with E-state index in [1.807, 2.05) is 0 Å². The molecular weight excluding hydrogens is 236 g/mol. The van der Waals surface area contributed by atoms with Gasteiger partial charge in [0.05, 0.1) is 17.8 Å². The highest BCUT2D eigenvalue weighted by atomic mass is 35.5. The topological polar surface area (TPSA) is 48.1 Å². The summed E-state index contributed by atoms with van der Waals surface area (Å²) >= 11 is 5.81. The highest BCUT2D eigenvalue weighted by Crippen LogP contribution is 2.21. The zero-order chi connectivity index (χ0) is 12.7. The summed E-state index contributed by atoms with van der Waals surface area (Å²) in [6, 6.07) is 1.78. The van der Waals surface area contributed by atoms with Crippen LogP contribution < -0.4 is 10.5 Å². The standard InChI is InChI=1S/C13H21ClN2O/c1-13(2,10-15)5-3-4-6-17-12-7-11(14)8-16-9-12/h7-9H,3-6,10,15H2,1-2H3. The van der Waals surface area contributed by atoms with E-state index in [1.54, 1.807) is 18.5 Å². The van der Waals surface area contributed by atoms with E-state index in [2.05, 4.69) is 18.8 Å². The Kier molecular flexibility index (Phi) is 5.72. The molecule has 2 N–H and O–H groups in total. The molecule has 0 aliphatic heterocycles. The highest BCUT2D eigenvalue weighted by Gasteiger charge is 2.14. The lowest BCUT2D eigenvalue weighted by Crippen LogP contribution is -2.23. The van der Waals surface area contributed by atoms with Crippen molar-refractivity contribution >= 4 is 11.6 Å². The first-order chi connectivity index (χ1) is 8.03. The van der Waals surface area contributed by atoms with Gasteiger partial charge in [-0.05, 0) is 31.2 Å².